The monoisotopic (exact) mass is 503 g/mol. The third-order valence-corrected chi connectivity index (χ3v) is 7.18. The first-order chi connectivity index (χ1) is 17.6. The van der Waals surface area contributed by atoms with E-state index in [2.05, 4.69) is 32.7 Å². The molecule has 0 radical (unpaired) electrons. The lowest BCUT2D eigenvalue weighted by Crippen LogP contribution is -2.58. The predicted molar refractivity (Wildman–Crippen MR) is 141 cm³/mol. The number of nitrogens with one attached hydrogen (secondary N) is 2. The van der Waals surface area contributed by atoms with E-state index in [0.29, 0.717) is 50.6 Å². The number of fused-ring (bicyclic) bond motifs is 1. The topological polar surface area (TPSA) is 77.6 Å². The van der Waals surface area contributed by atoms with Gasteiger partial charge < -0.3 is 20.4 Å². The van der Waals surface area contributed by atoms with Crippen LogP contribution in [0.2, 0.25) is 5.02 Å². The van der Waals surface area contributed by atoms with Gasteiger partial charge in [0.05, 0.1) is 6.04 Å². The molecule has 8 heteroatoms. The van der Waals surface area contributed by atoms with Gasteiger partial charge in [-0.2, -0.15) is 0 Å². The van der Waals surface area contributed by atoms with Crippen LogP contribution in [0.1, 0.15) is 16.7 Å². The Morgan fingerprint density at radius 2 is 1.69 bits per heavy atom. The molecule has 2 aliphatic heterocycles. The molecule has 2 aromatic carbocycles. The van der Waals surface area contributed by atoms with Crippen molar-refractivity contribution in [3.63, 3.8) is 0 Å². The largest absolute Gasteiger partial charge is 0.353 e. The zero-order valence-electron chi connectivity index (χ0n) is 20.1. The maximum absolute atomic E-state index is 13.7. The molecule has 2 N–H and O–H groups in total. The molecule has 2 atom stereocenters. The second-order valence-electron chi connectivity index (χ2n) is 9.30. The second kappa shape index (κ2) is 11.1. The van der Waals surface area contributed by atoms with E-state index in [9.17, 15) is 9.59 Å². The van der Waals surface area contributed by atoms with Gasteiger partial charge in [0.25, 0.3) is 0 Å². The molecule has 5 rings (SSSR count). The fourth-order valence-corrected chi connectivity index (χ4v) is 5.01. The lowest BCUT2D eigenvalue weighted by atomic mass is 9.95. The fraction of sp³-hybridized carbons (Fsp3) is 0.321. The van der Waals surface area contributed by atoms with Crippen LogP contribution in [0.25, 0.3) is 0 Å². The Balaban J connectivity index is 1.27. The van der Waals surface area contributed by atoms with Crippen molar-refractivity contribution in [1.29, 1.82) is 0 Å². The maximum atomic E-state index is 13.7. The Labute approximate surface area is 216 Å². The van der Waals surface area contributed by atoms with Gasteiger partial charge in [0.1, 0.15) is 11.9 Å². The van der Waals surface area contributed by atoms with Gasteiger partial charge in [0.15, 0.2) is 0 Å². The van der Waals surface area contributed by atoms with Gasteiger partial charge in [-0.05, 0) is 47.4 Å². The van der Waals surface area contributed by atoms with E-state index < -0.39 is 6.04 Å². The first-order valence-electron chi connectivity index (χ1n) is 12.4. The van der Waals surface area contributed by atoms with E-state index in [1.807, 2.05) is 59.5 Å². The molecule has 2 amide bonds. The molecule has 3 aromatic rings. The molecule has 186 valence electrons. The molecule has 1 saturated heterocycles. The van der Waals surface area contributed by atoms with Gasteiger partial charge in [-0.15, -0.1) is 0 Å². The molecule has 0 aliphatic carbocycles. The third-order valence-electron chi connectivity index (χ3n) is 6.93. The highest BCUT2D eigenvalue weighted by molar-refractivity contribution is 6.30. The van der Waals surface area contributed by atoms with Crippen molar-refractivity contribution in [3.8, 4) is 0 Å². The molecule has 0 spiro atoms. The number of aromatic nitrogens is 1. The lowest BCUT2D eigenvalue weighted by molar-refractivity contribution is -0.137. The van der Waals surface area contributed by atoms with Crippen LogP contribution in [0, 0.1) is 0 Å². The van der Waals surface area contributed by atoms with Crippen LogP contribution in [0.5, 0.6) is 0 Å². The molecule has 0 bridgehead atoms. The second-order valence-corrected chi connectivity index (χ2v) is 9.73. The molecular formula is C28H30ClN5O2. The highest BCUT2D eigenvalue weighted by Crippen LogP contribution is 2.18. The van der Waals surface area contributed by atoms with E-state index in [4.69, 9.17) is 11.6 Å². The van der Waals surface area contributed by atoms with Crippen molar-refractivity contribution in [3.05, 3.63) is 94.6 Å². The van der Waals surface area contributed by atoms with Crippen molar-refractivity contribution >= 4 is 29.2 Å². The predicted octanol–water partition coefficient (Wildman–Crippen LogP) is 2.83. The van der Waals surface area contributed by atoms with Crippen molar-refractivity contribution in [2.24, 2.45) is 0 Å². The summed E-state index contributed by atoms with van der Waals surface area (Å²) in [6.45, 7) is 3.20. The molecule has 0 saturated carbocycles. The zero-order chi connectivity index (χ0) is 24.9. The van der Waals surface area contributed by atoms with Gasteiger partial charge in [-0.3, -0.25) is 9.59 Å². The number of pyridine rings is 1. The molecule has 3 heterocycles. The zero-order valence-corrected chi connectivity index (χ0v) is 20.8. The number of nitrogens with zero attached hydrogens (tertiary/aromatic N) is 3. The summed E-state index contributed by atoms with van der Waals surface area (Å²) in [6.07, 6.45) is 2.79. The van der Waals surface area contributed by atoms with Crippen LogP contribution >= 0.6 is 11.6 Å². The van der Waals surface area contributed by atoms with Crippen LogP contribution < -0.4 is 15.5 Å². The quantitative estimate of drug-likeness (QED) is 0.541. The Morgan fingerprint density at radius 1 is 0.972 bits per heavy atom. The minimum absolute atomic E-state index is 0.0600. The normalized spacial score (nSPS) is 18.3. The van der Waals surface area contributed by atoms with Crippen molar-refractivity contribution in [2.45, 2.75) is 31.5 Å². The third kappa shape index (κ3) is 5.69. The van der Waals surface area contributed by atoms with Crippen molar-refractivity contribution in [2.75, 3.05) is 31.1 Å². The number of hydrogen-bond acceptors (Lipinski definition) is 5. The van der Waals surface area contributed by atoms with Crippen molar-refractivity contribution < 1.29 is 9.59 Å². The average molecular weight is 504 g/mol. The van der Waals surface area contributed by atoms with Crippen LogP contribution in [-0.4, -0.2) is 60.0 Å². The number of benzene rings is 2. The highest BCUT2D eigenvalue weighted by atomic mass is 35.5. The first kappa shape index (κ1) is 24.3. The number of hydrogen-bond donors (Lipinski definition) is 2. The van der Waals surface area contributed by atoms with Crippen LogP contribution in [0.4, 0.5) is 5.82 Å². The maximum Gasteiger partial charge on any atom is 0.245 e. The summed E-state index contributed by atoms with van der Waals surface area (Å²) in [5.74, 6) is 0.707. The summed E-state index contributed by atoms with van der Waals surface area (Å²) in [4.78, 5) is 35.4. The van der Waals surface area contributed by atoms with Crippen molar-refractivity contribution in [1.82, 2.24) is 20.5 Å². The Hall–Kier alpha value is -3.42. The summed E-state index contributed by atoms with van der Waals surface area (Å²) in [6, 6.07) is 20.4. The number of carbonyl (C=O) groups excluding carboxylic acids is 2. The van der Waals surface area contributed by atoms with Crippen LogP contribution in [0.15, 0.2) is 72.9 Å². The number of rotatable bonds is 6. The van der Waals surface area contributed by atoms with E-state index >= 15 is 0 Å². The molecule has 36 heavy (non-hydrogen) atoms. The van der Waals surface area contributed by atoms with E-state index in [1.165, 1.54) is 11.1 Å². The van der Waals surface area contributed by atoms with E-state index in [-0.39, 0.29) is 17.9 Å². The Morgan fingerprint density at radius 3 is 2.42 bits per heavy atom. The average Bonchev–Trinajstić information content (AvgIpc) is 2.93. The number of carbonyl (C=O) groups is 2. The summed E-state index contributed by atoms with van der Waals surface area (Å²) in [7, 11) is 0. The number of anilines is 1. The highest BCUT2D eigenvalue weighted by Gasteiger charge is 2.32. The molecule has 2 aliphatic rings. The molecule has 1 fully saturated rings. The van der Waals surface area contributed by atoms with Gasteiger partial charge in [0.2, 0.25) is 11.8 Å². The van der Waals surface area contributed by atoms with Gasteiger partial charge >= 0.3 is 0 Å². The SMILES string of the molecule is O=C(NC(Cc1ccc(Cl)cc1)C(=O)N1CCN(c2ccccn2)CC1)C1Cc2ccccc2CN1. The minimum Gasteiger partial charge on any atom is -0.353 e. The summed E-state index contributed by atoms with van der Waals surface area (Å²) in [5.41, 5.74) is 3.33. The molecule has 1 aromatic heterocycles. The molecular weight excluding hydrogens is 474 g/mol. The van der Waals surface area contributed by atoms with Crippen LogP contribution in [-0.2, 0) is 29.0 Å². The Kier molecular flexibility index (Phi) is 7.49. The molecule has 2 unspecified atom stereocenters. The standard InChI is InChI=1S/C28H30ClN5O2/c29-23-10-8-20(9-11-23)17-25(32-27(35)24-18-21-5-1-2-6-22(21)19-31-24)28(36)34-15-13-33(14-16-34)26-7-3-4-12-30-26/h1-12,24-25,31H,13-19H2,(H,32,35). The van der Waals surface area contributed by atoms with Gasteiger partial charge in [-0.1, -0.05) is 54.1 Å². The lowest BCUT2D eigenvalue weighted by Gasteiger charge is -2.37. The van der Waals surface area contributed by atoms with Gasteiger partial charge in [0, 0.05) is 50.4 Å². The number of piperazine rings is 1. The Bertz CT molecular complexity index is 1200. The number of halogens is 1. The van der Waals surface area contributed by atoms with E-state index in [0.717, 1.165) is 11.4 Å². The molecule has 7 nitrogen and oxygen atoms in total. The summed E-state index contributed by atoms with van der Waals surface area (Å²) < 4.78 is 0. The number of amides is 2. The smallest absolute Gasteiger partial charge is 0.245 e. The fourth-order valence-electron chi connectivity index (χ4n) is 4.89. The summed E-state index contributed by atoms with van der Waals surface area (Å²) >= 11 is 6.06. The summed E-state index contributed by atoms with van der Waals surface area (Å²) in [5, 5.41) is 7.04. The van der Waals surface area contributed by atoms with Gasteiger partial charge in [-0.25, -0.2) is 4.98 Å². The van der Waals surface area contributed by atoms with E-state index in [1.54, 1.807) is 6.20 Å². The van der Waals surface area contributed by atoms with Crippen LogP contribution in [0.3, 0.4) is 0 Å². The minimum atomic E-state index is -0.654. The first-order valence-corrected chi connectivity index (χ1v) is 12.7.